The average molecular weight is 438 g/mol. The van der Waals surface area contributed by atoms with Crippen molar-refractivity contribution >= 4 is 38.6 Å². The molecular formula is C22H20BrN3O2. The SMILES string of the molecule is O=C1C[C@@H](N2CCc3[nH]c4c(Br)cccc4c3C2)C(=O)N1Cc1ccccc1. The van der Waals surface area contributed by atoms with Crippen LogP contribution in [0, 0.1) is 0 Å². The van der Waals surface area contributed by atoms with Crippen LogP contribution in [-0.2, 0) is 29.1 Å². The number of amides is 2. The Morgan fingerprint density at radius 1 is 1.07 bits per heavy atom. The zero-order valence-corrected chi connectivity index (χ0v) is 16.9. The third-order valence-corrected chi connectivity index (χ3v) is 6.49. The number of carbonyl (C=O) groups excluding carboxylic acids is 2. The Bertz CT molecular complexity index is 1080. The monoisotopic (exact) mass is 437 g/mol. The summed E-state index contributed by atoms with van der Waals surface area (Å²) in [5.41, 5.74) is 4.56. The zero-order chi connectivity index (χ0) is 19.3. The van der Waals surface area contributed by atoms with Crippen molar-refractivity contribution in [2.75, 3.05) is 6.54 Å². The van der Waals surface area contributed by atoms with Crippen molar-refractivity contribution in [3.63, 3.8) is 0 Å². The van der Waals surface area contributed by atoms with E-state index in [4.69, 9.17) is 0 Å². The van der Waals surface area contributed by atoms with Crippen molar-refractivity contribution < 1.29 is 9.59 Å². The minimum atomic E-state index is -0.360. The number of benzene rings is 2. The first-order valence-electron chi connectivity index (χ1n) is 9.52. The molecule has 142 valence electrons. The van der Waals surface area contributed by atoms with E-state index >= 15 is 0 Å². The van der Waals surface area contributed by atoms with Crippen molar-refractivity contribution in [3.05, 3.63) is 69.8 Å². The minimum Gasteiger partial charge on any atom is -0.357 e. The summed E-state index contributed by atoms with van der Waals surface area (Å²) in [7, 11) is 0. The lowest BCUT2D eigenvalue weighted by molar-refractivity contribution is -0.140. The van der Waals surface area contributed by atoms with E-state index in [0.717, 1.165) is 28.5 Å². The first-order chi connectivity index (χ1) is 13.6. The van der Waals surface area contributed by atoms with E-state index in [1.807, 2.05) is 42.5 Å². The Labute approximate surface area is 171 Å². The predicted octanol–water partition coefficient (Wildman–Crippen LogP) is 3.62. The van der Waals surface area contributed by atoms with Crippen LogP contribution >= 0.6 is 15.9 Å². The van der Waals surface area contributed by atoms with Gasteiger partial charge in [-0.1, -0.05) is 42.5 Å². The van der Waals surface area contributed by atoms with Gasteiger partial charge in [0.1, 0.15) is 0 Å². The first-order valence-corrected chi connectivity index (χ1v) is 10.3. The van der Waals surface area contributed by atoms with Crippen molar-refractivity contribution in [1.82, 2.24) is 14.8 Å². The number of aromatic amines is 1. The number of nitrogens with zero attached hydrogens (tertiary/aromatic N) is 2. The normalized spacial score (nSPS) is 20.2. The molecular weight excluding hydrogens is 418 g/mol. The van der Waals surface area contributed by atoms with Crippen molar-refractivity contribution in [2.45, 2.75) is 32.0 Å². The fourth-order valence-electron chi connectivity index (χ4n) is 4.37. The summed E-state index contributed by atoms with van der Waals surface area (Å²) in [6, 6.07) is 15.5. The molecule has 1 N–H and O–H groups in total. The molecule has 0 radical (unpaired) electrons. The number of imide groups is 1. The quantitative estimate of drug-likeness (QED) is 0.636. The average Bonchev–Trinajstić information content (AvgIpc) is 3.22. The third-order valence-electron chi connectivity index (χ3n) is 5.83. The lowest BCUT2D eigenvalue weighted by atomic mass is 10.0. The standard InChI is InChI=1S/C22H20BrN3O2/c23-17-8-4-7-15-16-13-25(10-9-18(16)24-21(15)17)19-11-20(27)26(22(19)28)12-14-5-2-1-3-6-14/h1-8,19,24H,9-13H2/t19-/m1/s1. The fourth-order valence-corrected chi connectivity index (χ4v) is 4.84. The molecule has 3 aromatic rings. The van der Waals surface area contributed by atoms with E-state index in [0.29, 0.717) is 13.1 Å². The number of carbonyl (C=O) groups is 2. The summed E-state index contributed by atoms with van der Waals surface area (Å²) in [5, 5.41) is 1.19. The summed E-state index contributed by atoms with van der Waals surface area (Å²) in [6.45, 7) is 1.82. The highest BCUT2D eigenvalue weighted by molar-refractivity contribution is 9.10. The van der Waals surface area contributed by atoms with Gasteiger partial charge in [0.2, 0.25) is 11.8 Å². The molecule has 0 saturated carbocycles. The van der Waals surface area contributed by atoms with Gasteiger partial charge in [0.05, 0.1) is 24.5 Å². The Balaban J connectivity index is 1.39. The number of halogens is 1. The Kier molecular flexibility index (Phi) is 4.33. The minimum absolute atomic E-state index is 0.0710. The molecule has 0 spiro atoms. The Morgan fingerprint density at radius 2 is 1.89 bits per heavy atom. The second-order valence-electron chi connectivity index (χ2n) is 7.49. The lowest BCUT2D eigenvalue weighted by Gasteiger charge is -2.31. The fraction of sp³-hybridized carbons (Fsp3) is 0.273. The molecule has 3 heterocycles. The summed E-state index contributed by atoms with van der Waals surface area (Å²) in [6.07, 6.45) is 1.13. The molecule has 6 heteroatoms. The van der Waals surface area contributed by atoms with Gasteiger partial charge in [-0.15, -0.1) is 0 Å². The van der Waals surface area contributed by atoms with E-state index < -0.39 is 0 Å². The van der Waals surface area contributed by atoms with E-state index in [1.165, 1.54) is 21.5 Å². The molecule has 0 bridgehead atoms. The van der Waals surface area contributed by atoms with Crippen LogP contribution in [0.5, 0.6) is 0 Å². The number of aromatic nitrogens is 1. The maximum atomic E-state index is 13.0. The van der Waals surface area contributed by atoms with E-state index in [9.17, 15) is 9.59 Å². The second kappa shape index (κ2) is 6.87. The highest BCUT2D eigenvalue weighted by Gasteiger charge is 2.42. The van der Waals surface area contributed by atoms with Crippen LogP contribution in [0.4, 0.5) is 0 Å². The summed E-state index contributed by atoms with van der Waals surface area (Å²) >= 11 is 3.61. The molecule has 2 amide bonds. The topological polar surface area (TPSA) is 56.4 Å². The van der Waals surface area contributed by atoms with Crippen LogP contribution in [0.15, 0.2) is 53.0 Å². The molecule has 1 saturated heterocycles. The van der Waals surface area contributed by atoms with E-state index in [1.54, 1.807) is 0 Å². The number of nitrogens with one attached hydrogen (secondary N) is 1. The maximum absolute atomic E-state index is 13.0. The number of rotatable bonds is 3. The molecule has 2 aromatic carbocycles. The zero-order valence-electron chi connectivity index (χ0n) is 15.3. The van der Waals surface area contributed by atoms with Gasteiger partial charge in [-0.2, -0.15) is 0 Å². The number of hydrogen-bond donors (Lipinski definition) is 1. The highest BCUT2D eigenvalue weighted by atomic mass is 79.9. The summed E-state index contributed by atoms with van der Waals surface area (Å²) in [4.78, 5) is 32.7. The molecule has 1 atom stereocenters. The van der Waals surface area contributed by atoms with Crippen LogP contribution in [0.2, 0.25) is 0 Å². The van der Waals surface area contributed by atoms with Crippen LogP contribution in [0.1, 0.15) is 23.2 Å². The van der Waals surface area contributed by atoms with E-state index in [-0.39, 0.29) is 24.3 Å². The highest BCUT2D eigenvalue weighted by Crippen LogP contribution is 2.33. The maximum Gasteiger partial charge on any atom is 0.247 e. The van der Waals surface area contributed by atoms with Gasteiger partial charge in [0, 0.05) is 35.1 Å². The van der Waals surface area contributed by atoms with Gasteiger partial charge in [0.15, 0.2) is 0 Å². The van der Waals surface area contributed by atoms with Crippen molar-refractivity contribution in [2.24, 2.45) is 0 Å². The van der Waals surface area contributed by atoms with Gasteiger partial charge in [0.25, 0.3) is 0 Å². The predicted molar refractivity (Wildman–Crippen MR) is 111 cm³/mol. The number of hydrogen-bond acceptors (Lipinski definition) is 3. The van der Waals surface area contributed by atoms with Crippen LogP contribution in [0.25, 0.3) is 10.9 Å². The second-order valence-corrected chi connectivity index (χ2v) is 8.34. The number of likely N-dealkylation sites (tertiary alicyclic amines) is 1. The van der Waals surface area contributed by atoms with Gasteiger partial charge in [-0.25, -0.2) is 0 Å². The lowest BCUT2D eigenvalue weighted by Crippen LogP contribution is -2.44. The van der Waals surface area contributed by atoms with Crippen LogP contribution < -0.4 is 0 Å². The number of fused-ring (bicyclic) bond motifs is 3. The smallest absolute Gasteiger partial charge is 0.247 e. The molecule has 2 aliphatic rings. The molecule has 1 fully saturated rings. The van der Waals surface area contributed by atoms with Crippen molar-refractivity contribution in [1.29, 1.82) is 0 Å². The van der Waals surface area contributed by atoms with Crippen LogP contribution in [0.3, 0.4) is 0 Å². The molecule has 5 nitrogen and oxygen atoms in total. The van der Waals surface area contributed by atoms with E-state index in [2.05, 4.69) is 31.9 Å². The molecule has 2 aliphatic heterocycles. The van der Waals surface area contributed by atoms with Gasteiger partial charge < -0.3 is 4.98 Å². The summed E-state index contributed by atoms with van der Waals surface area (Å²) in [5.74, 6) is -0.148. The van der Waals surface area contributed by atoms with Gasteiger partial charge >= 0.3 is 0 Å². The van der Waals surface area contributed by atoms with Gasteiger partial charge in [-0.05, 0) is 33.1 Å². The van der Waals surface area contributed by atoms with Gasteiger partial charge in [-0.3, -0.25) is 19.4 Å². The third kappa shape index (κ3) is 2.88. The Hall–Kier alpha value is -2.44. The number of para-hydroxylation sites is 1. The van der Waals surface area contributed by atoms with Crippen LogP contribution in [-0.4, -0.2) is 39.2 Å². The Morgan fingerprint density at radius 3 is 2.71 bits per heavy atom. The number of H-pyrrole nitrogens is 1. The molecule has 0 unspecified atom stereocenters. The first kappa shape index (κ1) is 17.6. The molecule has 1 aromatic heterocycles. The largest absolute Gasteiger partial charge is 0.357 e. The summed E-state index contributed by atoms with van der Waals surface area (Å²) < 4.78 is 1.05. The molecule has 0 aliphatic carbocycles. The van der Waals surface area contributed by atoms with Crippen molar-refractivity contribution in [3.8, 4) is 0 Å². The molecule has 28 heavy (non-hydrogen) atoms. The molecule has 5 rings (SSSR count).